The Morgan fingerprint density at radius 3 is 2.59 bits per heavy atom. The second-order valence-corrected chi connectivity index (χ2v) is 5.09. The molecule has 0 bridgehead atoms. The largest absolute Gasteiger partial charge is 0.504 e. The number of nitrogens with one attached hydrogen (secondary N) is 1. The molecule has 0 amide bonds. The summed E-state index contributed by atoms with van der Waals surface area (Å²) in [4.78, 5) is 2.06. The van der Waals surface area contributed by atoms with Crippen molar-refractivity contribution in [3.8, 4) is 11.5 Å². The van der Waals surface area contributed by atoms with Gasteiger partial charge in [0.1, 0.15) is 0 Å². The second kappa shape index (κ2) is 9.12. The first kappa shape index (κ1) is 18.9. The number of phenolic OH excluding ortho intramolecular Hbond substituents is 1. The summed E-state index contributed by atoms with van der Waals surface area (Å²) in [6.45, 7) is 5.32. The zero-order chi connectivity index (χ0) is 15.2. The quantitative estimate of drug-likeness (QED) is 0.838. The molecule has 22 heavy (non-hydrogen) atoms. The summed E-state index contributed by atoms with van der Waals surface area (Å²) in [6, 6.07) is 4.54. The van der Waals surface area contributed by atoms with Crippen LogP contribution in [-0.4, -0.2) is 49.2 Å². The van der Waals surface area contributed by atoms with Gasteiger partial charge < -0.3 is 15.2 Å². The summed E-state index contributed by atoms with van der Waals surface area (Å²) >= 11 is 0. The van der Waals surface area contributed by atoms with E-state index in [2.05, 4.69) is 10.2 Å². The number of hydrogen-bond donors (Lipinski definition) is 2. The number of piperazine rings is 1. The molecule has 0 unspecified atom stereocenters. The molecule has 0 aromatic heterocycles. The Hall–Kier alpha value is -1.11. The number of alkyl halides is 2. The Balaban J connectivity index is 0.00000242. The average molecular weight is 337 g/mol. The van der Waals surface area contributed by atoms with E-state index in [1.54, 1.807) is 12.1 Å². The van der Waals surface area contributed by atoms with Crippen LogP contribution in [0, 0.1) is 0 Å². The van der Waals surface area contributed by atoms with Crippen LogP contribution in [0.5, 0.6) is 11.5 Å². The summed E-state index contributed by atoms with van der Waals surface area (Å²) in [6.07, 6.45) is -2.58. The van der Waals surface area contributed by atoms with Crippen LogP contribution >= 0.6 is 12.4 Å². The van der Waals surface area contributed by atoms with Gasteiger partial charge in [-0.15, -0.1) is 12.4 Å². The Kier molecular flexibility index (Phi) is 7.85. The first-order valence-electron chi connectivity index (χ1n) is 7.30. The fraction of sp³-hybridized carbons (Fsp3) is 0.600. The van der Waals surface area contributed by atoms with E-state index in [0.717, 1.165) is 31.7 Å². The van der Waals surface area contributed by atoms with E-state index in [4.69, 9.17) is 4.74 Å². The van der Waals surface area contributed by atoms with E-state index >= 15 is 0 Å². The fourth-order valence-corrected chi connectivity index (χ4v) is 2.67. The van der Waals surface area contributed by atoms with E-state index in [1.807, 2.05) is 6.92 Å². The van der Waals surface area contributed by atoms with Crippen molar-refractivity contribution >= 4 is 12.4 Å². The van der Waals surface area contributed by atoms with Crippen LogP contribution in [0.2, 0.25) is 0 Å². The van der Waals surface area contributed by atoms with Crippen LogP contribution in [0.25, 0.3) is 0 Å². The minimum atomic E-state index is -2.37. The Morgan fingerprint density at radius 1 is 1.32 bits per heavy atom. The highest BCUT2D eigenvalue weighted by molar-refractivity contribution is 5.85. The van der Waals surface area contributed by atoms with Crippen LogP contribution in [-0.2, 0) is 0 Å². The van der Waals surface area contributed by atoms with Crippen LogP contribution in [0.1, 0.15) is 24.9 Å². The fourth-order valence-electron chi connectivity index (χ4n) is 2.67. The zero-order valence-electron chi connectivity index (χ0n) is 12.6. The van der Waals surface area contributed by atoms with Gasteiger partial charge in [-0.05, 0) is 24.6 Å². The lowest BCUT2D eigenvalue weighted by atomic mass is 10.0. The van der Waals surface area contributed by atoms with Crippen LogP contribution in [0.4, 0.5) is 8.78 Å². The molecule has 2 rings (SSSR count). The van der Waals surface area contributed by atoms with Crippen molar-refractivity contribution in [1.29, 1.82) is 0 Å². The van der Waals surface area contributed by atoms with Crippen molar-refractivity contribution in [2.24, 2.45) is 0 Å². The lowest BCUT2D eigenvalue weighted by Gasteiger charge is -2.35. The normalized spacial score (nSPS) is 17.1. The predicted octanol–water partition coefficient (Wildman–Crippen LogP) is 2.81. The molecule has 0 spiro atoms. The molecule has 1 aliphatic rings. The predicted molar refractivity (Wildman–Crippen MR) is 84.3 cm³/mol. The minimum absolute atomic E-state index is 0. The third-order valence-electron chi connectivity index (χ3n) is 3.66. The molecule has 0 aliphatic carbocycles. The van der Waals surface area contributed by atoms with Crippen LogP contribution in [0.15, 0.2) is 18.2 Å². The third kappa shape index (κ3) is 4.97. The summed E-state index contributed by atoms with van der Waals surface area (Å²) in [5, 5.41) is 13.0. The number of rotatable bonds is 6. The van der Waals surface area contributed by atoms with Crippen LogP contribution in [0.3, 0.4) is 0 Å². The Morgan fingerprint density at radius 2 is 2.00 bits per heavy atom. The standard InChI is InChI=1S/C15H22F2N2O2.ClH/c1-2-21-14-9-11(3-4-13(14)20)12(10-15(16)17)19-7-5-18-6-8-19;/h3-4,9,12,15,18,20H,2,5-8,10H2,1H3;1H/t12-;/m1./s1. The summed E-state index contributed by atoms with van der Waals surface area (Å²) < 4.78 is 31.2. The Bertz CT molecular complexity index is 457. The number of ether oxygens (including phenoxy) is 1. The number of nitrogens with zero attached hydrogens (tertiary/aromatic N) is 1. The Labute approximate surface area is 135 Å². The topological polar surface area (TPSA) is 44.7 Å². The van der Waals surface area contributed by atoms with Gasteiger partial charge in [-0.25, -0.2) is 8.78 Å². The SMILES string of the molecule is CCOc1cc([C@@H](CC(F)F)N2CCNCC2)ccc1O.Cl. The van der Waals surface area contributed by atoms with E-state index in [-0.39, 0.29) is 30.6 Å². The molecule has 1 aromatic carbocycles. The molecule has 0 saturated carbocycles. The minimum Gasteiger partial charge on any atom is -0.504 e. The molecule has 1 aliphatic heterocycles. The highest BCUT2D eigenvalue weighted by Crippen LogP contribution is 2.34. The number of halogens is 3. The van der Waals surface area contributed by atoms with Crippen molar-refractivity contribution < 1.29 is 18.6 Å². The van der Waals surface area contributed by atoms with Gasteiger partial charge in [-0.2, -0.15) is 0 Å². The van der Waals surface area contributed by atoms with Gasteiger partial charge in [0.05, 0.1) is 6.61 Å². The third-order valence-corrected chi connectivity index (χ3v) is 3.66. The van der Waals surface area contributed by atoms with Crippen molar-refractivity contribution in [3.05, 3.63) is 23.8 Å². The van der Waals surface area contributed by atoms with E-state index < -0.39 is 6.43 Å². The van der Waals surface area contributed by atoms with Gasteiger partial charge in [0.15, 0.2) is 11.5 Å². The number of hydrogen-bond acceptors (Lipinski definition) is 4. The van der Waals surface area contributed by atoms with Gasteiger partial charge >= 0.3 is 0 Å². The first-order valence-corrected chi connectivity index (χ1v) is 7.30. The molecule has 1 atom stereocenters. The molecule has 1 fully saturated rings. The second-order valence-electron chi connectivity index (χ2n) is 5.09. The molecule has 4 nitrogen and oxygen atoms in total. The molecule has 1 saturated heterocycles. The molecular weight excluding hydrogens is 314 g/mol. The molecular formula is C15H23ClF2N2O2. The van der Waals surface area contributed by atoms with Gasteiger partial charge in [0.2, 0.25) is 6.43 Å². The number of phenols is 1. The van der Waals surface area contributed by atoms with Crippen LogP contribution < -0.4 is 10.1 Å². The first-order chi connectivity index (χ1) is 10.1. The van der Waals surface area contributed by atoms with Crippen molar-refractivity contribution in [2.45, 2.75) is 25.8 Å². The highest BCUT2D eigenvalue weighted by atomic mass is 35.5. The molecule has 2 N–H and O–H groups in total. The van der Waals surface area contributed by atoms with Gasteiger partial charge in [-0.1, -0.05) is 6.07 Å². The summed E-state index contributed by atoms with van der Waals surface area (Å²) in [5.74, 6) is 0.390. The maximum atomic E-state index is 12.9. The van der Waals surface area contributed by atoms with Crippen molar-refractivity contribution in [1.82, 2.24) is 10.2 Å². The number of aromatic hydroxyl groups is 1. The maximum Gasteiger partial charge on any atom is 0.240 e. The summed E-state index contributed by atoms with van der Waals surface area (Å²) in [7, 11) is 0. The van der Waals surface area contributed by atoms with Gasteiger partial charge in [-0.3, -0.25) is 4.90 Å². The highest BCUT2D eigenvalue weighted by Gasteiger charge is 2.26. The monoisotopic (exact) mass is 336 g/mol. The molecule has 1 heterocycles. The van der Waals surface area contributed by atoms with E-state index in [9.17, 15) is 13.9 Å². The number of benzene rings is 1. The van der Waals surface area contributed by atoms with E-state index in [0.29, 0.717) is 12.4 Å². The van der Waals surface area contributed by atoms with Crippen molar-refractivity contribution in [2.75, 3.05) is 32.8 Å². The van der Waals surface area contributed by atoms with E-state index in [1.165, 1.54) is 6.07 Å². The van der Waals surface area contributed by atoms with Gasteiger partial charge in [0.25, 0.3) is 0 Å². The summed E-state index contributed by atoms with van der Waals surface area (Å²) in [5.41, 5.74) is 0.762. The van der Waals surface area contributed by atoms with Crippen molar-refractivity contribution in [3.63, 3.8) is 0 Å². The zero-order valence-corrected chi connectivity index (χ0v) is 13.4. The molecule has 126 valence electrons. The lowest BCUT2D eigenvalue weighted by molar-refractivity contribution is 0.0738. The molecule has 0 radical (unpaired) electrons. The molecule has 1 aromatic rings. The molecule has 7 heteroatoms. The average Bonchev–Trinajstić information content (AvgIpc) is 2.48. The maximum absolute atomic E-state index is 12.9. The smallest absolute Gasteiger partial charge is 0.240 e. The lowest BCUT2D eigenvalue weighted by Crippen LogP contribution is -2.45. The van der Waals surface area contributed by atoms with Gasteiger partial charge in [0, 0.05) is 38.6 Å².